The quantitative estimate of drug-likeness (QED) is 0.689. The highest BCUT2D eigenvalue weighted by Crippen LogP contribution is 2.20. The third-order valence-corrected chi connectivity index (χ3v) is 1.82. The van der Waals surface area contributed by atoms with Crippen molar-refractivity contribution in [2.75, 3.05) is 0 Å². The Bertz CT molecular complexity index is 380. The summed E-state index contributed by atoms with van der Waals surface area (Å²) in [5.41, 5.74) is 3.06. The molecule has 0 saturated carbocycles. The number of hydrogen-bond acceptors (Lipinski definition) is 3. The molecule has 0 fully saturated rings. The molecule has 0 aliphatic heterocycles. The Morgan fingerprint density at radius 3 is 2.57 bits per heavy atom. The lowest BCUT2D eigenvalue weighted by atomic mass is 9.95. The topological polar surface area (TPSA) is 76.2 Å². The third kappa shape index (κ3) is 1.69. The fraction of sp³-hybridized carbons (Fsp3) is 0.250. The average Bonchev–Trinajstić information content (AvgIpc) is 2.02. The van der Waals surface area contributed by atoms with Crippen LogP contribution in [0, 0.1) is 11.9 Å². The molecule has 1 rings (SSSR count). The number of aliphatic carboxylic acids is 1. The number of nitrogens with two attached hydrogens (primary N) is 1. The molecule has 1 heterocycles. The first-order valence-corrected chi connectivity index (χ1v) is 3.70. The van der Waals surface area contributed by atoms with Gasteiger partial charge in [-0.2, -0.15) is 13.8 Å². The minimum absolute atomic E-state index is 0.355. The maximum atomic E-state index is 13.0. The summed E-state index contributed by atoms with van der Waals surface area (Å²) >= 11 is 0. The van der Waals surface area contributed by atoms with Crippen molar-refractivity contribution in [3.63, 3.8) is 0 Å². The Balaban J connectivity index is 3.26. The van der Waals surface area contributed by atoms with Crippen molar-refractivity contribution >= 4 is 5.97 Å². The van der Waals surface area contributed by atoms with Gasteiger partial charge in [-0.1, -0.05) is 0 Å². The second kappa shape index (κ2) is 3.30. The molecule has 1 aromatic heterocycles. The van der Waals surface area contributed by atoms with Crippen molar-refractivity contribution < 1.29 is 18.7 Å². The van der Waals surface area contributed by atoms with Crippen molar-refractivity contribution in [3.05, 3.63) is 29.6 Å². The van der Waals surface area contributed by atoms with E-state index in [0.717, 1.165) is 19.1 Å². The molecule has 3 N–H and O–H groups in total. The summed E-state index contributed by atoms with van der Waals surface area (Å²) in [4.78, 5) is 13.5. The average molecular weight is 202 g/mol. The zero-order valence-corrected chi connectivity index (χ0v) is 7.29. The molecule has 0 radical (unpaired) electrons. The minimum atomic E-state index is -1.91. The SMILES string of the molecule is CC(N)(C(=O)O)c1ccc(F)nc1F. The second-order valence-electron chi connectivity index (χ2n) is 2.98. The van der Waals surface area contributed by atoms with E-state index in [1.807, 2.05) is 0 Å². The van der Waals surface area contributed by atoms with E-state index in [2.05, 4.69) is 4.98 Å². The lowest BCUT2D eigenvalue weighted by Crippen LogP contribution is -2.42. The molecule has 4 nitrogen and oxygen atoms in total. The van der Waals surface area contributed by atoms with E-state index in [-0.39, 0.29) is 5.56 Å². The molecule has 1 aromatic rings. The smallest absolute Gasteiger partial charge is 0.328 e. The first-order chi connectivity index (χ1) is 6.35. The fourth-order valence-electron chi connectivity index (χ4n) is 0.915. The third-order valence-electron chi connectivity index (χ3n) is 1.82. The molecule has 0 aliphatic carbocycles. The molecular formula is C8H8F2N2O2. The van der Waals surface area contributed by atoms with E-state index in [4.69, 9.17) is 10.8 Å². The zero-order valence-electron chi connectivity index (χ0n) is 7.29. The van der Waals surface area contributed by atoms with Crippen LogP contribution in [0.15, 0.2) is 12.1 Å². The molecule has 1 unspecified atom stereocenters. The van der Waals surface area contributed by atoms with E-state index in [1.54, 1.807) is 0 Å². The lowest BCUT2D eigenvalue weighted by Gasteiger charge is -2.19. The number of nitrogens with zero attached hydrogens (tertiary/aromatic N) is 1. The van der Waals surface area contributed by atoms with Gasteiger partial charge in [0.1, 0.15) is 5.54 Å². The first kappa shape index (κ1) is 10.5. The van der Waals surface area contributed by atoms with E-state index in [9.17, 15) is 13.6 Å². The van der Waals surface area contributed by atoms with E-state index < -0.39 is 23.4 Å². The number of rotatable bonds is 2. The Hall–Kier alpha value is -1.56. The van der Waals surface area contributed by atoms with Gasteiger partial charge in [0.2, 0.25) is 11.9 Å². The van der Waals surface area contributed by atoms with Crippen LogP contribution in [0.3, 0.4) is 0 Å². The number of carbonyl (C=O) groups is 1. The van der Waals surface area contributed by atoms with Crippen LogP contribution in [0.4, 0.5) is 8.78 Å². The molecule has 0 spiro atoms. The lowest BCUT2D eigenvalue weighted by molar-refractivity contribution is -0.143. The van der Waals surface area contributed by atoms with Gasteiger partial charge in [-0.3, -0.25) is 0 Å². The molecule has 14 heavy (non-hydrogen) atoms. The van der Waals surface area contributed by atoms with Crippen LogP contribution >= 0.6 is 0 Å². The summed E-state index contributed by atoms with van der Waals surface area (Å²) in [6, 6.07) is 1.82. The Kier molecular flexibility index (Phi) is 2.48. The van der Waals surface area contributed by atoms with Gasteiger partial charge in [0.25, 0.3) is 0 Å². The van der Waals surface area contributed by atoms with Crippen molar-refractivity contribution in [2.45, 2.75) is 12.5 Å². The predicted octanol–water partition coefficient (Wildman–Crippen LogP) is 0.618. The highest BCUT2D eigenvalue weighted by molar-refractivity contribution is 5.79. The van der Waals surface area contributed by atoms with Gasteiger partial charge in [0, 0.05) is 5.56 Å². The normalized spacial score (nSPS) is 14.9. The molecule has 6 heteroatoms. The largest absolute Gasteiger partial charge is 0.480 e. The molecule has 0 bridgehead atoms. The van der Waals surface area contributed by atoms with E-state index >= 15 is 0 Å². The molecule has 0 aliphatic rings. The summed E-state index contributed by atoms with van der Waals surface area (Å²) in [6.45, 7) is 1.10. The molecule has 1 atom stereocenters. The van der Waals surface area contributed by atoms with Gasteiger partial charge in [-0.05, 0) is 19.1 Å². The second-order valence-corrected chi connectivity index (χ2v) is 2.98. The number of carboxylic acids is 1. The fourth-order valence-corrected chi connectivity index (χ4v) is 0.915. The molecule has 0 saturated heterocycles. The number of hydrogen-bond donors (Lipinski definition) is 2. The molecule has 0 aromatic carbocycles. The summed E-state index contributed by atoms with van der Waals surface area (Å²) in [6.07, 6.45) is 0. The van der Waals surface area contributed by atoms with E-state index in [0.29, 0.717) is 0 Å². The van der Waals surface area contributed by atoms with Gasteiger partial charge in [-0.25, -0.2) is 4.79 Å². The summed E-state index contributed by atoms with van der Waals surface area (Å²) < 4.78 is 25.4. The van der Waals surface area contributed by atoms with Crippen molar-refractivity contribution in [1.29, 1.82) is 0 Å². The zero-order chi connectivity index (χ0) is 10.9. The standard InChI is InChI=1S/C8H8F2N2O2/c1-8(11,7(13)14)4-2-3-5(9)12-6(4)10/h2-3H,11H2,1H3,(H,13,14). The first-order valence-electron chi connectivity index (χ1n) is 3.70. The van der Waals surface area contributed by atoms with Crippen molar-refractivity contribution in [1.82, 2.24) is 4.98 Å². The minimum Gasteiger partial charge on any atom is -0.480 e. The van der Waals surface area contributed by atoms with Gasteiger partial charge in [0.15, 0.2) is 0 Å². The van der Waals surface area contributed by atoms with Gasteiger partial charge in [-0.15, -0.1) is 0 Å². The molecule has 76 valence electrons. The predicted molar refractivity (Wildman–Crippen MR) is 43.3 cm³/mol. The van der Waals surface area contributed by atoms with Crippen LogP contribution in [0.1, 0.15) is 12.5 Å². The van der Waals surface area contributed by atoms with Crippen LogP contribution in [0.25, 0.3) is 0 Å². The van der Waals surface area contributed by atoms with Crippen LogP contribution in [0.2, 0.25) is 0 Å². The van der Waals surface area contributed by atoms with Crippen LogP contribution < -0.4 is 5.73 Å². The maximum absolute atomic E-state index is 13.0. The number of aromatic nitrogens is 1. The van der Waals surface area contributed by atoms with Crippen molar-refractivity contribution in [3.8, 4) is 0 Å². The monoisotopic (exact) mass is 202 g/mol. The van der Waals surface area contributed by atoms with Crippen LogP contribution in [0.5, 0.6) is 0 Å². The Morgan fingerprint density at radius 1 is 1.57 bits per heavy atom. The molecule has 0 amide bonds. The Morgan fingerprint density at radius 2 is 2.14 bits per heavy atom. The summed E-state index contributed by atoms with van der Waals surface area (Å²) in [7, 11) is 0. The number of carboxylic acid groups (broad SMARTS) is 1. The van der Waals surface area contributed by atoms with Crippen molar-refractivity contribution in [2.24, 2.45) is 5.73 Å². The van der Waals surface area contributed by atoms with E-state index in [1.165, 1.54) is 0 Å². The summed E-state index contributed by atoms with van der Waals surface area (Å²) in [5, 5.41) is 8.68. The van der Waals surface area contributed by atoms with Crippen LogP contribution in [-0.2, 0) is 10.3 Å². The highest BCUT2D eigenvalue weighted by Gasteiger charge is 2.33. The maximum Gasteiger partial charge on any atom is 0.328 e. The summed E-state index contributed by atoms with van der Waals surface area (Å²) in [5.74, 6) is -3.64. The Labute approximate surface area is 78.4 Å². The number of halogens is 2. The highest BCUT2D eigenvalue weighted by atomic mass is 19.1. The van der Waals surface area contributed by atoms with Crippen LogP contribution in [-0.4, -0.2) is 16.1 Å². The van der Waals surface area contributed by atoms with Gasteiger partial charge >= 0.3 is 5.97 Å². The molecular weight excluding hydrogens is 194 g/mol. The van der Waals surface area contributed by atoms with Gasteiger partial charge in [0.05, 0.1) is 0 Å². The number of pyridine rings is 1. The van der Waals surface area contributed by atoms with Gasteiger partial charge < -0.3 is 10.8 Å².